The first-order valence-corrected chi connectivity index (χ1v) is 13.0. The normalized spacial score (nSPS) is 27.8. The minimum atomic E-state index is -0.696. The number of allylic oxidation sites excluding steroid dienone is 1. The molecule has 0 amide bonds. The van der Waals surface area contributed by atoms with E-state index in [9.17, 15) is 9.59 Å². The Morgan fingerprint density at radius 2 is 1.92 bits per heavy atom. The molecule has 0 aromatic heterocycles. The lowest BCUT2D eigenvalue weighted by Crippen LogP contribution is -2.61. The zero-order chi connectivity index (χ0) is 25.4. The number of nitrogens with zero attached hydrogens (tertiary/aromatic N) is 2. The Morgan fingerprint density at radius 3 is 2.58 bits per heavy atom. The molecule has 3 aliphatic heterocycles. The molecule has 5 rings (SSSR count). The summed E-state index contributed by atoms with van der Waals surface area (Å²) in [5.74, 6) is 1.23. The number of hydrogen-bond donors (Lipinski definition) is 0. The van der Waals surface area contributed by atoms with Crippen LogP contribution in [0.25, 0.3) is 0 Å². The number of ketones is 2. The zero-order valence-electron chi connectivity index (χ0n) is 21.7. The van der Waals surface area contributed by atoms with Gasteiger partial charge in [0, 0.05) is 31.2 Å². The number of rotatable bonds is 7. The average Bonchev–Trinajstić information content (AvgIpc) is 3.38. The van der Waals surface area contributed by atoms with Gasteiger partial charge in [-0.1, -0.05) is 49.7 Å². The summed E-state index contributed by atoms with van der Waals surface area (Å²) in [4.78, 5) is 32.0. The largest absolute Gasteiger partial charge is 0.504 e. The molecule has 1 unspecified atom stereocenters. The summed E-state index contributed by atoms with van der Waals surface area (Å²) in [6, 6.07) is 16.3. The van der Waals surface area contributed by atoms with E-state index in [1.807, 2.05) is 30.3 Å². The molecule has 190 valence electrons. The minimum absolute atomic E-state index is 0.00164. The van der Waals surface area contributed by atoms with Crippen molar-refractivity contribution in [1.29, 1.82) is 0 Å². The van der Waals surface area contributed by atoms with Crippen molar-refractivity contribution in [3.8, 4) is 5.75 Å². The van der Waals surface area contributed by atoms with Crippen LogP contribution < -0.4 is 9.64 Å². The van der Waals surface area contributed by atoms with E-state index in [1.165, 1.54) is 5.56 Å². The second-order valence-corrected chi connectivity index (χ2v) is 10.3. The van der Waals surface area contributed by atoms with Gasteiger partial charge in [0.25, 0.3) is 0 Å². The van der Waals surface area contributed by atoms with E-state index in [1.54, 1.807) is 27.4 Å². The highest BCUT2D eigenvalue weighted by molar-refractivity contribution is 6.16. The van der Waals surface area contributed by atoms with Gasteiger partial charge in [-0.15, -0.1) is 0 Å². The number of fused-ring (bicyclic) bond motifs is 3. The molecule has 2 aromatic rings. The predicted molar refractivity (Wildman–Crippen MR) is 140 cm³/mol. The Labute approximate surface area is 213 Å². The van der Waals surface area contributed by atoms with Gasteiger partial charge < -0.3 is 14.4 Å². The Kier molecular flexibility index (Phi) is 6.64. The lowest BCUT2D eigenvalue weighted by Gasteiger charge is -2.48. The third-order valence-electron chi connectivity index (χ3n) is 8.66. The molecule has 0 radical (unpaired) electrons. The smallest absolute Gasteiger partial charge is 0.195 e. The van der Waals surface area contributed by atoms with Gasteiger partial charge in [-0.2, -0.15) is 0 Å². The highest BCUT2D eigenvalue weighted by Gasteiger charge is 2.63. The molecule has 1 spiro atoms. The number of benzene rings is 2. The van der Waals surface area contributed by atoms with Crippen molar-refractivity contribution < 1.29 is 19.1 Å². The maximum absolute atomic E-state index is 14.5. The fourth-order valence-electron chi connectivity index (χ4n) is 6.98. The summed E-state index contributed by atoms with van der Waals surface area (Å²) in [6.07, 6.45) is 4.11. The number of ether oxygens (including phenoxy) is 2. The van der Waals surface area contributed by atoms with Crippen molar-refractivity contribution in [2.75, 3.05) is 32.2 Å². The van der Waals surface area contributed by atoms with Crippen molar-refractivity contribution in [2.45, 2.75) is 51.2 Å². The van der Waals surface area contributed by atoms with Crippen LogP contribution in [0.2, 0.25) is 0 Å². The lowest BCUT2D eigenvalue weighted by molar-refractivity contribution is -0.114. The molecular formula is C30H36N2O4. The van der Waals surface area contributed by atoms with Gasteiger partial charge in [0.1, 0.15) is 11.3 Å². The SMILES string of the molecule is CC[C@@H]1CN2CC[C@@]3(C(=O)c4c(OC)cccc4N3Cc3ccccc3)C2C[C@@H]1/C(=C\OC)C(C)=O. The molecule has 6 heteroatoms. The number of carbonyl (C=O) groups excluding carboxylic acids is 2. The molecule has 36 heavy (non-hydrogen) atoms. The third kappa shape index (κ3) is 3.74. The lowest BCUT2D eigenvalue weighted by atomic mass is 9.71. The van der Waals surface area contributed by atoms with Gasteiger partial charge in [-0.05, 0) is 49.3 Å². The van der Waals surface area contributed by atoms with E-state index >= 15 is 0 Å². The fourth-order valence-corrected chi connectivity index (χ4v) is 6.98. The number of Topliss-reactive ketones (excluding diaryl/α,β-unsaturated/α-hetero) is 2. The molecule has 0 N–H and O–H groups in total. The fraction of sp³-hybridized carbons (Fsp3) is 0.467. The molecule has 4 atom stereocenters. The van der Waals surface area contributed by atoms with Crippen LogP contribution >= 0.6 is 0 Å². The van der Waals surface area contributed by atoms with Crippen LogP contribution in [0.5, 0.6) is 5.75 Å². The monoisotopic (exact) mass is 488 g/mol. The van der Waals surface area contributed by atoms with Crippen LogP contribution in [0.4, 0.5) is 5.69 Å². The highest BCUT2D eigenvalue weighted by Crippen LogP contribution is 2.54. The van der Waals surface area contributed by atoms with Crippen molar-refractivity contribution >= 4 is 17.3 Å². The second-order valence-electron chi connectivity index (χ2n) is 10.3. The van der Waals surface area contributed by atoms with Crippen LogP contribution in [0.3, 0.4) is 0 Å². The van der Waals surface area contributed by atoms with Crippen LogP contribution in [-0.4, -0.2) is 55.4 Å². The van der Waals surface area contributed by atoms with E-state index < -0.39 is 5.54 Å². The minimum Gasteiger partial charge on any atom is -0.504 e. The number of hydrogen-bond acceptors (Lipinski definition) is 6. The first-order chi connectivity index (χ1) is 17.5. The second kappa shape index (κ2) is 9.74. The van der Waals surface area contributed by atoms with Crippen LogP contribution in [-0.2, 0) is 16.1 Å². The number of anilines is 1. The third-order valence-corrected chi connectivity index (χ3v) is 8.66. The Morgan fingerprint density at radius 1 is 1.14 bits per heavy atom. The Hall–Kier alpha value is -3.12. The summed E-state index contributed by atoms with van der Waals surface area (Å²) in [7, 11) is 3.23. The van der Waals surface area contributed by atoms with Gasteiger partial charge >= 0.3 is 0 Å². The molecule has 0 saturated carbocycles. The standard InChI is InChI=1S/C30H36N2O4/c1-5-22-18-31-15-14-30(27(31)16-23(22)24(19-35-3)20(2)33)29(34)28-25(12-9-13-26(28)36-4)32(30)17-21-10-7-6-8-11-21/h6-13,19,22-23,27H,5,14-18H2,1-4H3/b24-19-/t22-,23+,27?,30+/m1/s1. The highest BCUT2D eigenvalue weighted by atomic mass is 16.5. The van der Waals surface area contributed by atoms with Gasteiger partial charge in [0.05, 0.1) is 31.7 Å². The molecule has 2 aromatic carbocycles. The summed E-state index contributed by atoms with van der Waals surface area (Å²) in [5, 5.41) is 0. The van der Waals surface area contributed by atoms with E-state index in [-0.39, 0.29) is 23.5 Å². The van der Waals surface area contributed by atoms with Crippen molar-refractivity contribution in [3.05, 3.63) is 71.5 Å². The summed E-state index contributed by atoms with van der Waals surface area (Å²) < 4.78 is 11.0. The average molecular weight is 489 g/mol. The van der Waals surface area contributed by atoms with Gasteiger partial charge in [-0.25, -0.2) is 0 Å². The van der Waals surface area contributed by atoms with Crippen molar-refractivity contribution in [1.82, 2.24) is 4.90 Å². The summed E-state index contributed by atoms with van der Waals surface area (Å²) in [6.45, 7) is 6.20. The maximum Gasteiger partial charge on any atom is 0.195 e. The van der Waals surface area contributed by atoms with E-state index in [0.29, 0.717) is 23.8 Å². The zero-order valence-corrected chi connectivity index (χ0v) is 21.7. The Bertz CT molecular complexity index is 1180. The summed E-state index contributed by atoms with van der Waals surface area (Å²) >= 11 is 0. The molecule has 0 aliphatic carbocycles. The molecule has 3 heterocycles. The Balaban J connectivity index is 1.62. The summed E-state index contributed by atoms with van der Waals surface area (Å²) in [5.41, 5.74) is 2.84. The van der Waals surface area contributed by atoms with E-state index in [0.717, 1.165) is 43.6 Å². The molecule has 3 aliphatic rings. The van der Waals surface area contributed by atoms with Crippen LogP contribution in [0.1, 0.15) is 49.0 Å². The molecule has 2 fully saturated rings. The maximum atomic E-state index is 14.5. The van der Waals surface area contributed by atoms with Crippen molar-refractivity contribution in [3.63, 3.8) is 0 Å². The first-order valence-electron chi connectivity index (χ1n) is 13.0. The van der Waals surface area contributed by atoms with E-state index in [2.05, 4.69) is 34.9 Å². The molecule has 6 nitrogen and oxygen atoms in total. The van der Waals surface area contributed by atoms with Crippen molar-refractivity contribution in [2.24, 2.45) is 11.8 Å². The number of piperidine rings is 1. The van der Waals surface area contributed by atoms with Gasteiger partial charge in [0.15, 0.2) is 11.6 Å². The first kappa shape index (κ1) is 24.6. The van der Waals surface area contributed by atoms with Gasteiger partial charge in [-0.3, -0.25) is 14.5 Å². The van der Waals surface area contributed by atoms with E-state index in [4.69, 9.17) is 9.47 Å². The van der Waals surface area contributed by atoms with Gasteiger partial charge in [0.2, 0.25) is 0 Å². The molecular weight excluding hydrogens is 452 g/mol. The quantitative estimate of drug-likeness (QED) is 0.409. The topological polar surface area (TPSA) is 59.1 Å². The van der Waals surface area contributed by atoms with Crippen LogP contribution in [0.15, 0.2) is 60.4 Å². The van der Waals surface area contributed by atoms with Crippen LogP contribution in [0, 0.1) is 11.8 Å². The predicted octanol–water partition coefficient (Wildman–Crippen LogP) is 4.88. The number of carbonyl (C=O) groups is 2. The number of methoxy groups -OCH3 is 2. The molecule has 2 saturated heterocycles. The molecule has 0 bridgehead atoms.